The van der Waals surface area contributed by atoms with Crippen LogP contribution in [0.5, 0.6) is 5.75 Å². The quantitative estimate of drug-likeness (QED) is 0.644. The molecule has 1 fully saturated rings. The van der Waals surface area contributed by atoms with Crippen molar-refractivity contribution < 1.29 is 18.4 Å². The maximum atomic E-state index is 12.9. The number of ether oxygens (including phenoxy) is 3. The molecule has 30 heavy (non-hydrogen) atoms. The minimum atomic E-state index is -1.33. The van der Waals surface area contributed by atoms with E-state index in [1.165, 1.54) is 0 Å². The second-order valence-corrected chi connectivity index (χ2v) is 9.50. The molecular formula is C22H27N3O4S. The van der Waals surface area contributed by atoms with Gasteiger partial charge in [-0.25, -0.2) is 4.98 Å². The highest BCUT2D eigenvalue weighted by Crippen LogP contribution is 2.25. The van der Waals surface area contributed by atoms with Gasteiger partial charge in [0.2, 0.25) is 0 Å². The first-order chi connectivity index (χ1) is 14.3. The number of benzene rings is 1. The first kappa shape index (κ1) is 21.0. The summed E-state index contributed by atoms with van der Waals surface area (Å²) in [6.45, 7) is 9.46. The molecule has 1 aromatic carbocycles. The largest absolute Gasteiger partial charge is 0.493 e. The van der Waals surface area contributed by atoms with Gasteiger partial charge < -0.3 is 19.2 Å². The number of nitrogens with zero attached hydrogens (tertiary/aromatic N) is 2. The summed E-state index contributed by atoms with van der Waals surface area (Å²) < 4.78 is 30.3. The van der Waals surface area contributed by atoms with Gasteiger partial charge in [-0.15, -0.1) is 0 Å². The zero-order chi connectivity index (χ0) is 21.3. The lowest BCUT2D eigenvalue weighted by molar-refractivity contribution is -0.264. The summed E-state index contributed by atoms with van der Waals surface area (Å²) in [6.07, 6.45) is 1.69. The fourth-order valence-corrected chi connectivity index (χ4v) is 4.39. The van der Waals surface area contributed by atoms with Gasteiger partial charge in [-0.2, -0.15) is 0 Å². The van der Waals surface area contributed by atoms with Gasteiger partial charge in [0.25, 0.3) is 0 Å². The smallest absolute Gasteiger partial charge is 0.197 e. The van der Waals surface area contributed by atoms with Gasteiger partial charge in [0, 0.05) is 17.7 Å². The topological polar surface area (TPSA) is 86.3 Å². The maximum absolute atomic E-state index is 12.9. The number of H-pyrrole nitrogens is 1. The summed E-state index contributed by atoms with van der Waals surface area (Å²) in [4.78, 5) is 12.1. The standard InChI is InChI=1S/C22H27N3O4S/c1-14-5-6-17-18(9-14)25-21(24-17)30(26)13-19-15(2)20(7-8-23-19)27-10-16-11-28-22(3,4)29-12-16/h5-9,16H,10-13H2,1-4H3,(H,24,25). The summed E-state index contributed by atoms with van der Waals surface area (Å²) in [5.41, 5.74) is 4.45. The van der Waals surface area contributed by atoms with Crippen LogP contribution in [0.25, 0.3) is 11.0 Å². The molecule has 1 aliphatic heterocycles. The molecule has 1 unspecified atom stereocenters. The van der Waals surface area contributed by atoms with Crippen molar-refractivity contribution in [3.05, 3.63) is 47.3 Å². The van der Waals surface area contributed by atoms with Gasteiger partial charge in [0.15, 0.2) is 10.9 Å². The molecule has 2 aromatic heterocycles. The number of aromatic nitrogens is 3. The SMILES string of the molecule is Cc1ccc2nc(S(=O)Cc3nccc(OCC4COC(C)(C)OC4)c3C)[nH]c2c1. The summed E-state index contributed by atoms with van der Waals surface area (Å²) in [7, 11) is -1.33. The van der Waals surface area contributed by atoms with Crippen LogP contribution in [0, 0.1) is 19.8 Å². The van der Waals surface area contributed by atoms with Crippen molar-refractivity contribution in [2.75, 3.05) is 19.8 Å². The minimum Gasteiger partial charge on any atom is -0.493 e. The molecule has 160 valence electrons. The highest BCUT2D eigenvalue weighted by molar-refractivity contribution is 7.84. The summed E-state index contributed by atoms with van der Waals surface area (Å²) in [6, 6.07) is 7.76. The lowest BCUT2D eigenvalue weighted by Crippen LogP contribution is -2.41. The molecule has 1 aliphatic rings. The minimum absolute atomic E-state index is 0.169. The van der Waals surface area contributed by atoms with Crippen molar-refractivity contribution in [1.82, 2.24) is 15.0 Å². The molecule has 0 amide bonds. The van der Waals surface area contributed by atoms with Crippen LogP contribution < -0.4 is 4.74 Å². The average Bonchev–Trinajstić information content (AvgIpc) is 3.13. The Kier molecular flexibility index (Phi) is 5.90. The highest BCUT2D eigenvalue weighted by atomic mass is 32.2. The van der Waals surface area contributed by atoms with E-state index in [0.29, 0.717) is 25.0 Å². The van der Waals surface area contributed by atoms with E-state index in [9.17, 15) is 4.21 Å². The third-order valence-corrected chi connectivity index (χ3v) is 6.33. The molecule has 0 aliphatic carbocycles. The summed E-state index contributed by atoms with van der Waals surface area (Å²) >= 11 is 0. The molecule has 4 rings (SSSR count). The maximum Gasteiger partial charge on any atom is 0.197 e. The van der Waals surface area contributed by atoms with E-state index in [1.54, 1.807) is 6.20 Å². The van der Waals surface area contributed by atoms with Crippen LogP contribution in [0.1, 0.15) is 30.7 Å². The van der Waals surface area contributed by atoms with Crippen LogP contribution in [0.2, 0.25) is 0 Å². The third-order valence-electron chi connectivity index (χ3n) is 5.17. The number of nitrogens with one attached hydrogen (secondary N) is 1. The second-order valence-electron chi connectivity index (χ2n) is 8.13. The van der Waals surface area contributed by atoms with Crippen molar-refractivity contribution in [2.45, 2.75) is 44.4 Å². The Hall–Kier alpha value is -2.29. The fourth-order valence-electron chi connectivity index (χ4n) is 3.29. The number of aryl methyl sites for hydroxylation is 1. The van der Waals surface area contributed by atoms with Crippen LogP contribution in [-0.4, -0.2) is 44.8 Å². The first-order valence-electron chi connectivity index (χ1n) is 10.0. The van der Waals surface area contributed by atoms with Gasteiger partial charge >= 0.3 is 0 Å². The second kappa shape index (κ2) is 8.45. The first-order valence-corrected chi connectivity index (χ1v) is 11.3. The molecular weight excluding hydrogens is 402 g/mol. The number of imidazole rings is 1. The van der Waals surface area contributed by atoms with Crippen molar-refractivity contribution >= 4 is 21.8 Å². The van der Waals surface area contributed by atoms with E-state index < -0.39 is 16.6 Å². The molecule has 7 nitrogen and oxygen atoms in total. The molecule has 1 N–H and O–H groups in total. The summed E-state index contributed by atoms with van der Waals surface area (Å²) in [5, 5.41) is 0.460. The van der Waals surface area contributed by atoms with Crippen LogP contribution in [0.3, 0.4) is 0 Å². The van der Waals surface area contributed by atoms with Crippen molar-refractivity contribution in [2.24, 2.45) is 5.92 Å². The number of hydrogen-bond donors (Lipinski definition) is 1. The summed E-state index contributed by atoms with van der Waals surface area (Å²) in [5.74, 6) is 0.644. The molecule has 0 radical (unpaired) electrons. The van der Waals surface area contributed by atoms with Crippen LogP contribution in [0.4, 0.5) is 0 Å². The average molecular weight is 430 g/mol. The zero-order valence-electron chi connectivity index (χ0n) is 17.7. The number of fused-ring (bicyclic) bond motifs is 1. The number of hydrogen-bond acceptors (Lipinski definition) is 6. The molecule has 1 saturated heterocycles. The monoisotopic (exact) mass is 429 g/mol. The third kappa shape index (κ3) is 4.71. The fraction of sp³-hybridized carbons (Fsp3) is 0.455. The van der Waals surface area contributed by atoms with Crippen LogP contribution in [0.15, 0.2) is 35.6 Å². The van der Waals surface area contributed by atoms with Gasteiger partial charge in [-0.1, -0.05) is 6.07 Å². The van der Waals surface area contributed by atoms with E-state index in [2.05, 4.69) is 15.0 Å². The molecule has 0 bridgehead atoms. The Balaban J connectivity index is 1.42. The Bertz CT molecular complexity index is 1070. The Labute approximate surface area is 178 Å². The van der Waals surface area contributed by atoms with Crippen molar-refractivity contribution in [1.29, 1.82) is 0 Å². The van der Waals surface area contributed by atoms with Gasteiger partial charge in [-0.05, 0) is 51.5 Å². The lowest BCUT2D eigenvalue weighted by atomic mass is 10.1. The lowest BCUT2D eigenvalue weighted by Gasteiger charge is -2.34. The zero-order valence-corrected chi connectivity index (χ0v) is 18.5. The van der Waals surface area contributed by atoms with Gasteiger partial charge in [-0.3, -0.25) is 9.19 Å². The Morgan fingerprint density at radius 3 is 2.77 bits per heavy atom. The predicted molar refractivity (Wildman–Crippen MR) is 115 cm³/mol. The van der Waals surface area contributed by atoms with Crippen LogP contribution in [-0.2, 0) is 26.0 Å². The van der Waals surface area contributed by atoms with E-state index in [4.69, 9.17) is 14.2 Å². The molecule has 1 atom stereocenters. The molecule has 3 heterocycles. The van der Waals surface area contributed by atoms with Crippen LogP contribution >= 0.6 is 0 Å². The Morgan fingerprint density at radius 1 is 1.23 bits per heavy atom. The molecule has 0 spiro atoms. The van der Waals surface area contributed by atoms with E-state index in [-0.39, 0.29) is 11.7 Å². The van der Waals surface area contributed by atoms with E-state index in [1.807, 2.05) is 52.0 Å². The van der Waals surface area contributed by atoms with Crippen molar-refractivity contribution in [3.63, 3.8) is 0 Å². The molecule has 0 saturated carbocycles. The molecule has 3 aromatic rings. The normalized spacial score (nSPS) is 17.9. The number of rotatable bonds is 6. The number of pyridine rings is 1. The Morgan fingerprint density at radius 2 is 2.00 bits per heavy atom. The highest BCUT2D eigenvalue weighted by Gasteiger charge is 2.28. The predicted octanol–water partition coefficient (Wildman–Crippen LogP) is 3.66. The van der Waals surface area contributed by atoms with E-state index in [0.717, 1.165) is 33.6 Å². The molecule has 8 heteroatoms. The van der Waals surface area contributed by atoms with Gasteiger partial charge in [0.1, 0.15) is 5.75 Å². The van der Waals surface area contributed by atoms with Crippen molar-refractivity contribution in [3.8, 4) is 5.75 Å². The van der Waals surface area contributed by atoms with E-state index >= 15 is 0 Å². The number of aromatic amines is 1. The van der Waals surface area contributed by atoms with Gasteiger partial charge in [0.05, 0.1) is 53.1 Å².